The minimum absolute atomic E-state index is 0.115. The van der Waals surface area contributed by atoms with E-state index in [4.69, 9.17) is 4.74 Å². The van der Waals surface area contributed by atoms with Gasteiger partial charge in [0.15, 0.2) is 0 Å². The molecule has 2 N–H and O–H groups in total. The van der Waals surface area contributed by atoms with Crippen LogP contribution in [0.4, 0.5) is 0 Å². The molecule has 17 heavy (non-hydrogen) atoms. The molecule has 0 fully saturated rings. The molecule has 0 spiro atoms. The van der Waals surface area contributed by atoms with Gasteiger partial charge in [-0.2, -0.15) is 0 Å². The summed E-state index contributed by atoms with van der Waals surface area (Å²) < 4.78 is 4.90. The molecule has 0 saturated carbocycles. The average molecular weight is 238 g/mol. The normalized spacial score (nSPS) is 12.3. The highest BCUT2D eigenvalue weighted by Gasteiger charge is 2.12. The number of ether oxygens (including phenoxy) is 1. The zero-order valence-electron chi connectivity index (χ0n) is 10.3. The number of amides is 1. The van der Waals surface area contributed by atoms with Crippen molar-refractivity contribution in [1.82, 2.24) is 10.3 Å². The van der Waals surface area contributed by atoms with Crippen molar-refractivity contribution in [3.8, 4) is 5.88 Å². The first-order chi connectivity index (χ1) is 8.04. The fraction of sp³-hybridized carbons (Fsp3) is 0.500. The molecule has 1 atom stereocenters. The molecule has 0 saturated heterocycles. The first-order valence-corrected chi connectivity index (χ1v) is 5.51. The monoisotopic (exact) mass is 238 g/mol. The van der Waals surface area contributed by atoms with Crippen molar-refractivity contribution >= 4 is 5.91 Å². The number of hydrogen-bond donors (Lipinski definition) is 2. The molecular weight excluding hydrogens is 220 g/mol. The number of aliphatic hydroxyl groups excluding tert-OH is 1. The van der Waals surface area contributed by atoms with Crippen LogP contribution in [0.25, 0.3) is 0 Å². The molecule has 1 heterocycles. The van der Waals surface area contributed by atoms with Gasteiger partial charge < -0.3 is 15.2 Å². The van der Waals surface area contributed by atoms with Crippen molar-refractivity contribution in [3.05, 3.63) is 23.9 Å². The Bertz CT molecular complexity index is 363. The second-order valence-corrected chi connectivity index (χ2v) is 4.11. The van der Waals surface area contributed by atoms with E-state index in [0.29, 0.717) is 11.4 Å². The van der Waals surface area contributed by atoms with E-state index in [1.165, 1.54) is 13.3 Å². The summed E-state index contributed by atoms with van der Waals surface area (Å²) in [5, 5.41) is 12.2. The number of nitrogens with one attached hydrogen (secondary N) is 1. The average Bonchev–Trinajstić information content (AvgIpc) is 2.35. The predicted molar refractivity (Wildman–Crippen MR) is 64.0 cm³/mol. The van der Waals surface area contributed by atoms with Crippen LogP contribution in [0.2, 0.25) is 0 Å². The Morgan fingerprint density at radius 1 is 1.53 bits per heavy atom. The van der Waals surface area contributed by atoms with Crippen molar-refractivity contribution < 1.29 is 14.6 Å². The molecule has 0 aliphatic rings. The Kier molecular flexibility index (Phi) is 4.90. The van der Waals surface area contributed by atoms with E-state index in [0.717, 1.165) is 0 Å². The lowest BCUT2D eigenvalue weighted by molar-refractivity contribution is 0.0871. The van der Waals surface area contributed by atoms with Gasteiger partial charge in [0, 0.05) is 18.8 Å². The molecule has 0 bridgehead atoms. The maximum absolute atomic E-state index is 11.7. The van der Waals surface area contributed by atoms with Crippen molar-refractivity contribution in [1.29, 1.82) is 0 Å². The van der Waals surface area contributed by atoms with Crippen LogP contribution < -0.4 is 10.1 Å². The smallest absolute Gasteiger partial charge is 0.252 e. The lowest BCUT2D eigenvalue weighted by atomic mass is 10.1. The van der Waals surface area contributed by atoms with E-state index in [9.17, 15) is 9.90 Å². The number of nitrogens with zero attached hydrogens (tertiary/aromatic N) is 1. The Morgan fingerprint density at radius 2 is 2.24 bits per heavy atom. The number of methoxy groups -OCH3 is 1. The molecule has 1 rings (SSSR count). The predicted octanol–water partition coefficient (Wildman–Crippen LogP) is 0.837. The molecule has 1 aromatic rings. The van der Waals surface area contributed by atoms with E-state index in [1.54, 1.807) is 12.1 Å². The van der Waals surface area contributed by atoms with Crippen molar-refractivity contribution in [2.24, 2.45) is 5.92 Å². The van der Waals surface area contributed by atoms with E-state index in [1.807, 2.05) is 13.8 Å². The van der Waals surface area contributed by atoms with Gasteiger partial charge in [-0.05, 0) is 12.0 Å². The molecule has 0 aromatic carbocycles. The van der Waals surface area contributed by atoms with Gasteiger partial charge in [0.2, 0.25) is 5.88 Å². The summed E-state index contributed by atoms with van der Waals surface area (Å²) in [6, 6.07) is 3.25. The van der Waals surface area contributed by atoms with E-state index in [2.05, 4.69) is 10.3 Å². The van der Waals surface area contributed by atoms with E-state index >= 15 is 0 Å². The lowest BCUT2D eigenvalue weighted by Crippen LogP contribution is -2.34. The van der Waals surface area contributed by atoms with E-state index in [-0.39, 0.29) is 18.4 Å². The Hall–Kier alpha value is -1.62. The van der Waals surface area contributed by atoms with Crippen molar-refractivity contribution in [2.75, 3.05) is 13.7 Å². The second-order valence-electron chi connectivity index (χ2n) is 4.11. The van der Waals surface area contributed by atoms with Gasteiger partial charge in [-0.1, -0.05) is 13.8 Å². The summed E-state index contributed by atoms with van der Waals surface area (Å²) in [5.41, 5.74) is 0.446. The summed E-state index contributed by atoms with van der Waals surface area (Å²) in [6.07, 6.45) is 0.904. The SMILES string of the molecule is COc1ccc(C(=O)NCC(O)C(C)C)cn1. The van der Waals surface area contributed by atoms with Gasteiger partial charge in [-0.25, -0.2) is 4.98 Å². The van der Waals surface area contributed by atoms with Gasteiger partial charge in [0.25, 0.3) is 5.91 Å². The quantitative estimate of drug-likeness (QED) is 0.797. The highest BCUT2D eigenvalue weighted by Crippen LogP contribution is 2.06. The van der Waals surface area contributed by atoms with Crippen LogP contribution in [-0.4, -0.2) is 35.8 Å². The number of carbonyl (C=O) groups excluding carboxylic acids is 1. The number of hydrogen-bond acceptors (Lipinski definition) is 4. The van der Waals surface area contributed by atoms with Gasteiger partial charge in [0.05, 0.1) is 18.8 Å². The third kappa shape index (κ3) is 4.03. The summed E-state index contributed by atoms with van der Waals surface area (Å²) >= 11 is 0. The van der Waals surface area contributed by atoms with Gasteiger partial charge in [-0.3, -0.25) is 4.79 Å². The number of carbonyl (C=O) groups is 1. The first-order valence-electron chi connectivity index (χ1n) is 5.51. The third-order valence-electron chi connectivity index (χ3n) is 2.45. The minimum atomic E-state index is -0.537. The third-order valence-corrected chi connectivity index (χ3v) is 2.45. The molecule has 0 aliphatic heterocycles. The van der Waals surface area contributed by atoms with Crippen LogP contribution in [0.5, 0.6) is 5.88 Å². The molecule has 1 aromatic heterocycles. The van der Waals surface area contributed by atoms with Crippen LogP contribution >= 0.6 is 0 Å². The largest absolute Gasteiger partial charge is 0.481 e. The maximum atomic E-state index is 11.7. The Labute approximate surface area is 101 Å². The fourth-order valence-corrected chi connectivity index (χ4v) is 1.17. The van der Waals surface area contributed by atoms with Crippen LogP contribution in [0.3, 0.4) is 0 Å². The first kappa shape index (κ1) is 13.4. The summed E-state index contributed by atoms with van der Waals surface area (Å²) in [4.78, 5) is 15.6. The number of pyridine rings is 1. The summed E-state index contributed by atoms with van der Waals surface area (Å²) in [6.45, 7) is 4.03. The van der Waals surface area contributed by atoms with Gasteiger partial charge in [-0.15, -0.1) is 0 Å². The van der Waals surface area contributed by atoms with Crippen molar-refractivity contribution in [3.63, 3.8) is 0 Å². The molecule has 94 valence electrons. The molecule has 1 amide bonds. The van der Waals surface area contributed by atoms with Crippen LogP contribution in [0.1, 0.15) is 24.2 Å². The van der Waals surface area contributed by atoms with Crippen LogP contribution in [-0.2, 0) is 0 Å². The topological polar surface area (TPSA) is 71.5 Å². The number of aliphatic hydroxyl groups is 1. The number of aromatic nitrogens is 1. The minimum Gasteiger partial charge on any atom is -0.481 e. The maximum Gasteiger partial charge on any atom is 0.252 e. The summed E-state index contributed by atoms with van der Waals surface area (Å²) in [7, 11) is 1.51. The Balaban J connectivity index is 2.52. The zero-order valence-corrected chi connectivity index (χ0v) is 10.3. The molecule has 5 nitrogen and oxygen atoms in total. The van der Waals surface area contributed by atoms with Gasteiger partial charge >= 0.3 is 0 Å². The highest BCUT2D eigenvalue weighted by atomic mass is 16.5. The molecule has 0 radical (unpaired) electrons. The zero-order chi connectivity index (χ0) is 12.8. The molecule has 5 heteroatoms. The fourth-order valence-electron chi connectivity index (χ4n) is 1.17. The number of rotatable bonds is 5. The van der Waals surface area contributed by atoms with E-state index < -0.39 is 6.10 Å². The molecule has 0 aliphatic carbocycles. The van der Waals surface area contributed by atoms with Crippen LogP contribution in [0, 0.1) is 5.92 Å². The standard InChI is InChI=1S/C12H18N2O3/c1-8(2)10(15)7-14-12(16)9-4-5-11(17-3)13-6-9/h4-6,8,10,15H,7H2,1-3H3,(H,14,16). The lowest BCUT2D eigenvalue weighted by Gasteiger charge is -2.14. The molecular formula is C12H18N2O3. The van der Waals surface area contributed by atoms with Crippen LogP contribution in [0.15, 0.2) is 18.3 Å². The van der Waals surface area contributed by atoms with Gasteiger partial charge in [0.1, 0.15) is 0 Å². The van der Waals surface area contributed by atoms with Crippen molar-refractivity contribution in [2.45, 2.75) is 20.0 Å². The second kappa shape index (κ2) is 6.20. The highest BCUT2D eigenvalue weighted by molar-refractivity contribution is 5.93. The summed E-state index contributed by atoms with van der Waals surface area (Å²) in [5.74, 6) is 0.327. The Morgan fingerprint density at radius 3 is 2.71 bits per heavy atom. The molecule has 1 unspecified atom stereocenters.